The van der Waals surface area contributed by atoms with Crippen LogP contribution in [0.2, 0.25) is 0 Å². The third-order valence-electron chi connectivity index (χ3n) is 3.26. The molecule has 0 aliphatic carbocycles. The first-order valence-corrected chi connectivity index (χ1v) is 7.85. The molecule has 0 unspecified atom stereocenters. The molecule has 0 bridgehead atoms. The molecule has 112 valence electrons. The largest absolute Gasteiger partial charge is 0.492 e. The molecule has 2 aromatic rings. The van der Waals surface area contributed by atoms with Gasteiger partial charge in [0.25, 0.3) is 0 Å². The number of nitrogens with one attached hydrogen (secondary N) is 2. The summed E-state index contributed by atoms with van der Waals surface area (Å²) < 4.78 is 10.8. The van der Waals surface area contributed by atoms with Gasteiger partial charge in [-0.05, 0) is 6.07 Å². The number of nitrogens with zero attached hydrogens (tertiary/aromatic N) is 1. The monoisotopic (exact) mass is 305 g/mol. The summed E-state index contributed by atoms with van der Waals surface area (Å²) in [5.41, 5.74) is 3.29. The minimum absolute atomic E-state index is 0.574. The van der Waals surface area contributed by atoms with Gasteiger partial charge >= 0.3 is 0 Å². The highest BCUT2D eigenvalue weighted by molar-refractivity contribution is 7.09. The van der Waals surface area contributed by atoms with Gasteiger partial charge in [-0.2, -0.15) is 0 Å². The fraction of sp³-hybridized carbons (Fsp3) is 0.400. The molecule has 0 saturated heterocycles. The summed E-state index contributed by atoms with van der Waals surface area (Å²) in [6.07, 6.45) is 0. The van der Waals surface area contributed by atoms with E-state index in [1.807, 2.05) is 0 Å². The second kappa shape index (κ2) is 6.89. The zero-order valence-electron chi connectivity index (χ0n) is 12.0. The van der Waals surface area contributed by atoms with Crippen molar-refractivity contribution in [1.82, 2.24) is 10.3 Å². The van der Waals surface area contributed by atoms with Crippen LogP contribution in [0, 0.1) is 0 Å². The second-order valence-corrected chi connectivity index (χ2v) is 5.81. The number of thiazole rings is 1. The third kappa shape index (κ3) is 3.72. The molecular weight excluding hydrogens is 286 g/mol. The number of hydrogen-bond donors (Lipinski definition) is 2. The van der Waals surface area contributed by atoms with Crippen molar-refractivity contribution in [2.45, 2.75) is 19.7 Å². The highest BCUT2D eigenvalue weighted by Crippen LogP contribution is 2.25. The van der Waals surface area contributed by atoms with E-state index in [1.54, 1.807) is 18.4 Å². The van der Waals surface area contributed by atoms with E-state index in [0.29, 0.717) is 19.8 Å². The van der Waals surface area contributed by atoms with E-state index in [2.05, 4.69) is 39.2 Å². The summed E-state index contributed by atoms with van der Waals surface area (Å²) in [4.78, 5) is 4.51. The summed E-state index contributed by atoms with van der Waals surface area (Å²) in [6, 6.07) is 6.25. The van der Waals surface area contributed by atoms with Crippen molar-refractivity contribution >= 4 is 17.0 Å². The average molecular weight is 305 g/mol. The number of fused-ring (bicyclic) bond motifs is 1. The molecule has 0 atom stereocenters. The van der Waals surface area contributed by atoms with Crippen molar-refractivity contribution in [3.63, 3.8) is 0 Å². The first kappa shape index (κ1) is 14.3. The molecule has 1 aromatic carbocycles. The molecule has 1 aromatic heterocycles. The number of aromatic nitrogens is 1. The van der Waals surface area contributed by atoms with E-state index in [1.165, 1.54) is 5.56 Å². The molecule has 21 heavy (non-hydrogen) atoms. The Labute approximate surface area is 128 Å². The van der Waals surface area contributed by atoms with Crippen LogP contribution in [0.4, 0.5) is 5.69 Å². The maximum Gasteiger partial charge on any atom is 0.125 e. The lowest BCUT2D eigenvalue weighted by Gasteiger charge is -2.10. The molecule has 1 aliphatic heterocycles. The predicted molar refractivity (Wildman–Crippen MR) is 83.8 cm³/mol. The molecule has 3 rings (SSSR count). The van der Waals surface area contributed by atoms with Gasteiger partial charge in [0, 0.05) is 42.9 Å². The van der Waals surface area contributed by atoms with E-state index in [-0.39, 0.29) is 0 Å². The first-order chi connectivity index (χ1) is 10.3. The van der Waals surface area contributed by atoms with Crippen LogP contribution in [-0.2, 0) is 24.4 Å². The van der Waals surface area contributed by atoms with Gasteiger partial charge < -0.3 is 20.1 Å². The summed E-state index contributed by atoms with van der Waals surface area (Å²) in [7, 11) is 1.68. The van der Waals surface area contributed by atoms with E-state index in [9.17, 15) is 0 Å². The van der Waals surface area contributed by atoms with Crippen molar-refractivity contribution in [2.24, 2.45) is 0 Å². The van der Waals surface area contributed by atoms with Gasteiger partial charge in [0.15, 0.2) is 0 Å². The van der Waals surface area contributed by atoms with Gasteiger partial charge in [0.05, 0.1) is 18.8 Å². The summed E-state index contributed by atoms with van der Waals surface area (Å²) in [6.45, 7) is 3.74. The van der Waals surface area contributed by atoms with E-state index in [0.717, 1.165) is 35.2 Å². The Balaban J connectivity index is 1.63. The molecule has 0 saturated carbocycles. The minimum atomic E-state index is 0.574. The Morgan fingerprint density at radius 3 is 3.33 bits per heavy atom. The SMILES string of the molecule is COCc1nc(CNc2ccc3c(c2)OCCNC3)cs1. The molecule has 5 nitrogen and oxygen atoms in total. The summed E-state index contributed by atoms with van der Waals surface area (Å²) >= 11 is 1.63. The molecular formula is C15H19N3O2S. The standard InChI is InChI=1S/C15H19N3O2S/c1-19-9-15-18-13(10-21-15)8-17-12-3-2-11-7-16-4-5-20-14(11)6-12/h2-3,6,10,16-17H,4-5,7-9H2,1H3. The zero-order valence-corrected chi connectivity index (χ0v) is 12.8. The first-order valence-electron chi connectivity index (χ1n) is 6.97. The van der Waals surface area contributed by atoms with Gasteiger partial charge in [0.2, 0.25) is 0 Å². The van der Waals surface area contributed by atoms with Crippen molar-refractivity contribution in [2.75, 3.05) is 25.6 Å². The van der Waals surface area contributed by atoms with Crippen LogP contribution >= 0.6 is 11.3 Å². The molecule has 6 heteroatoms. The summed E-state index contributed by atoms with van der Waals surface area (Å²) in [5, 5.41) is 9.79. The molecule has 0 fully saturated rings. The smallest absolute Gasteiger partial charge is 0.125 e. The molecule has 1 aliphatic rings. The number of benzene rings is 1. The molecule has 2 heterocycles. The number of rotatable bonds is 5. The minimum Gasteiger partial charge on any atom is -0.492 e. The van der Waals surface area contributed by atoms with Crippen LogP contribution < -0.4 is 15.4 Å². The highest BCUT2D eigenvalue weighted by Gasteiger charge is 2.09. The van der Waals surface area contributed by atoms with Gasteiger partial charge in [0.1, 0.15) is 17.4 Å². The van der Waals surface area contributed by atoms with Crippen LogP contribution in [0.5, 0.6) is 5.75 Å². The van der Waals surface area contributed by atoms with Crippen LogP contribution in [0.25, 0.3) is 0 Å². The molecule has 0 radical (unpaired) electrons. The lowest BCUT2D eigenvalue weighted by Crippen LogP contribution is -2.16. The van der Waals surface area contributed by atoms with Gasteiger partial charge in [-0.25, -0.2) is 4.98 Å². The Hall–Kier alpha value is -1.63. The topological polar surface area (TPSA) is 55.4 Å². The van der Waals surface area contributed by atoms with Gasteiger partial charge in [-0.3, -0.25) is 0 Å². The van der Waals surface area contributed by atoms with Crippen LogP contribution in [0.15, 0.2) is 23.6 Å². The number of ether oxygens (including phenoxy) is 2. The zero-order chi connectivity index (χ0) is 14.5. The molecule has 0 amide bonds. The van der Waals surface area contributed by atoms with Crippen molar-refractivity contribution in [3.8, 4) is 5.75 Å². The van der Waals surface area contributed by atoms with E-state index in [4.69, 9.17) is 9.47 Å². The van der Waals surface area contributed by atoms with Crippen LogP contribution in [0.1, 0.15) is 16.3 Å². The third-order valence-corrected chi connectivity index (χ3v) is 4.13. The lowest BCUT2D eigenvalue weighted by molar-refractivity contribution is 0.184. The van der Waals surface area contributed by atoms with Crippen LogP contribution in [0.3, 0.4) is 0 Å². The predicted octanol–water partition coefficient (Wildman–Crippen LogP) is 2.38. The van der Waals surface area contributed by atoms with Crippen molar-refractivity contribution in [1.29, 1.82) is 0 Å². The number of anilines is 1. The maximum absolute atomic E-state index is 5.74. The molecule has 2 N–H and O–H groups in total. The maximum atomic E-state index is 5.74. The van der Waals surface area contributed by atoms with E-state index < -0.39 is 0 Å². The van der Waals surface area contributed by atoms with E-state index >= 15 is 0 Å². The number of hydrogen-bond acceptors (Lipinski definition) is 6. The van der Waals surface area contributed by atoms with Gasteiger partial charge in [-0.15, -0.1) is 11.3 Å². The fourth-order valence-corrected chi connectivity index (χ4v) is 2.98. The van der Waals surface area contributed by atoms with Crippen molar-refractivity contribution < 1.29 is 9.47 Å². The fourth-order valence-electron chi connectivity index (χ4n) is 2.21. The number of methoxy groups -OCH3 is 1. The average Bonchev–Trinajstić information content (AvgIpc) is 2.81. The van der Waals surface area contributed by atoms with Gasteiger partial charge in [-0.1, -0.05) is 6.07 Å². The quantitative estimate of drug-likeness (QED) is 0.888. The summed E-state index contributed by atoms with van der Waals surface area (Å²) in [5.74, 6) is 0.961. The Morgan fingerprint density at radius 1 is 1.48 bits per heavy atom. The lowest BCUT2D eigenvalue weighted by atomic mass is 10.2. The highest BCUT2D eigenvalue weighted by atomic mass is 32.1. The molecule has 0 spiro atoms. The Bertz CT molecular complexity index is 600. The normalized spacial score (nSPS) is 14.1. The van der Waals surface area contributed by atoms with Crippen molar-refractivity contribution in [3.05, 3.63) is 39.8 Å². The van der Waals surface area contributed by atoms with Crippen LogP contribution in [-0.4, -0.2) is 25.2 Å². The Kier molecular flexibility index (Phi) is 4.69. The second-order valence-electron chi connectivity index (χ2n) is 4.87. The Morgan fingerprint density at radius 2 is 2.43 bits per heavy atom.